The summed E-state index contributed by atoms with van der Waals surface area (Å²) in [6, 6.07) is 14.4. The van der Waals surface area contributed by atoms with E-state index in [1.165, 1.54) is 12.1 Å². The number of ether oxygens (including phenoxy) is 1. The van der Waals surface area contributed by atoms with Gasteiger partial charge in [-0.25, -0.2) is 14.4 Å². The van der Waals surface area contributed by atoms with Gasteiger partial charge in [-0.2, -0.15) is 10.2 Å². The fraction of sp³-hybridized carbons (Fsp3) is 0.308. The molecule has 0 saturated carbocycles. The number of rotatable bonds is 6. The number of hydrogen-bond donors (Lipinski definition) is 1. The highest BCUT2D eigenvalue weighted by Gasteiger charge is 2.21. The molecule has 0 atom stereocenters. The Labute approximate surface area is 198 Å². The van der Waals surface area contributed by atoms with Gasteiger partial charge >= 0.3 is 0 Å². The van der Waals surface area contributed by atoms with Crippen LogP contribution in [-0.2, 0) is 6.54 Å². The normalized spacial score (nSPS) is 14.9. The van der Waals surface area contributed by atoms with Crippen LogP contribution in [0, 0.1) is 12.7 Å². The maximum atomic E-state index is 13.6. The number of piperidine rings is 1. The maximum Gasteiger partial charge on any atom is 0.146 e. The van der Waals surface area contributed by atoms with Crippen molar-refractivity contribution in [3.8, 4) is 16.9 Å². The van der Waals surface area contributed by atoms with Gasteiger partial charge in [-0.3, -0.25) is 0 Å². The van der Waals surface area contributed by atoms with E-state index in [0.29, 0.717) is 18.1 Å². The first-order valence-corrected chi connectivity index (χ1v) is 11.5. The third-order valence-corrected chi connectivity index (χ3v) is 6.13. The number of likely N-dealkylation sites (tertiary alicyclic amines) is 1. The molecule has 174 valence electrons. The lowest BCUT2D eigenvalue weighted by atomic mass is 10.0. The van der Waals surface area contributed by atoms with E-state index in [1.54, 1.807) is 18.5 Å². The van der Waals surface area contributed by atoms with Crippen LogP contribution in [0.4, 0.5) is 10.2 Å². The van der Waals surface area contributed by atoms with Gasteiger partial charge in [-0.1, -0.05) is 12.1 Å². The smallest absolute Gasteiger partial charge is 0.146 e. The maximum absolute atomic E-state index is 13.6. The number of nitrogens with zero attached hydrogens (tertiary/aromatic N) is 5. The highest BCUT2D eigenvalue weighted by molar-refractivity contribution is 5.96. The minimum Gasteiger partial charge on any atom is -0.488 e. The Hall–Kier alpha value is -3.65. The predicted octanol–water partition coefficient (Wildman–Crippen LogP) is 4.62. The second-order valence-corrected chi connectivity index (χ2v) is 8.74. The number of hydrogen-bond acceptors (Lipinski definition) is 7. The highest BCUT2D eigenvalue weighted by Crippen LogP contribution is 2.35. The first kappa shape index (κ1) is 22.2. The second-order valence-electron chi connectivity index (χ2n) is 8.74. The van der Waals surface area contributed by atoms with Crippen molar-refractivity contribution < 1.29 is 9.13 Å². The van der Waals surface area contributed by atoms with Crippen LogP contribution in [0.2, 0.25) is 0 Å². The third-order valence-electron chi connectivity index (χ3n) is 6.13. The van der Waals surface area contributed by atoms with Gasteiger partial charge in [0.2, 0.25) is 0 Å². The summed E-state index contributed by atoms with van der Waals surface area (Å²) in [6.07, 6.45) is 3.59. The molecule has 5 rings (SSSR count). The van der Waals surface area contributed by atoms with Gasteiger partial charge < -0.3 is 15.0 Å². The average molecular weight is 459 g/mol. The number of fused-ring (bicyclic) bond motifs is 1. The van der Waals surface area contributed by atoms with Gasteiger partial charge in [-0.15, -0.1) is 0 Å². The summed E-state index contributed by atoms with van der Waals surface area (Å²) in [4.78, 5) is 11.4. The lowest BCUT2D eigenvalue weighted by molar-refractivity contribution is 0.115. The molecule has 0 aliphatic carbocycles. The van der Waals surface area contributed by atoms with Gasteiger partial charge in [0, 0.05) is 18.5 Å². The molecule has 1 N–H and O–H groups in total. The molecule has 0 bridgehead atoms. The number of aromatic nitrogens is 4. The molecule has 0 amide bonds. The minimum atomic E-state index is -0.266. The summed E-state index contributed by atoms with van der Waals surface area (Å²) in [5.74, 6) is 1.13. The van der Waals surface area contributed by atoms with Crippen molar-refractivity contribution in [1.29, 1.82) is 0 Å². The van der Waals surface area contributed by atoms with Gasteiger partial charge in [0.05, 0.1) is 17.9 Å². The van der Waals surface area contributed by atoms with Gasteiger partial charge in [0.1, 0.15) is 35.3 Å². The molecule has 2 aromatic heterocycles. The van der Waals surface area contributed by atoms with E-state index in [1.807, 2.05) is 31.2 Å². The Kier molecular flexibility index (Phi) is 6.31. The van der Waals surface area contributed by atoms with E-state index in [9.17, 15) is 4.39 Å². The second kappa shape index (κ2) is 9.69. The zero-order chi connectivity index (χ0) is 23.5. The van der Waals surface area contributed by atoms with Crippen molar-refractivity contribution in [3.63, 3.8) is 0 Å². The number of aryl methyl sites for hydroxylation is 1. The van der Waals surface area contributed by atoms with Crippen LogP contribution in [0.1, 0.15) is 24.2 Å². The Morgan fingerprint density at radius 3 is 2.53 bits per heavy atom. The Balaban J connectivity index is 1.52. The Morgan fingerprint density at radius 1 is 1.00 bits per heavy atom. The SMILES string of the molecule is Cc1ccc(CNc2ncnc3c(OC4CCN(C)CC4)cc(-c4ccc(F)cc4)cc23)nn1. The van der Waals surface area contributed by atoms with E-state index < -0.39 is 0 Å². The molecule has 0 unspecified atom stereocenters. The van der Waals surface area contributed by atoms with Gasteiger partial charge in [-0.05, 0) is 74.3 Å². The van der Waals surface area contributed by atoms with E-state index in [-0.39, 0.29) is 11.9 Å². The number of nitrogens with one attached hydrogen (secondary N) is 1. The van der Waals surface area contributed by atoms with Crippen molar-refractivity contribution in [3.05, 3.63) is 72.1 Å². The topological polar surface area (TPSA) is 76.1 Å². The molecule has 1 aliphatic heterocycles. The van der Waals surface area contributed by atoms with Crippen molar-refractivity contribution in [1.82, 2.24) is 25.1 Å². The summed E-state index contributed by atoms with van der Waals surface area (Å²) in [5, 5.41) is 12.6. The first-order chi connectivity index (χ1) is 16.5. The summed E-state index contributed by atoms with van der Waals surface area (Å²) < 4.78 is 20.0. The summed E-state index contributed by atoms with van der Waals surface area (Å²) in [6.45, 7) is 4.38. The summed E-state index contributed by atoms with van der Waals surface area (Å²) in [7, 11) is 2.13. The molecule has 34 heavy (non-hydrogen) atoms. The Morgan fingerprint density at radius 2 is 1.79 bits per heavy atom. The van der Waals surface area contributed by atoms with Crippen LogP contribution < -0.4 is 10.1 Å². The zero-order valence-corrected chi connectivity index (χ0v) is 19.3. The van der Waals surface area contributed by atoms with Gasteiger partial charge in [0.15, 0.2) is 0 Å². The van der Waals surface area contributed by atoms with Crippen LogP contribution in [0.3, 0.4) is 0 Å². The van der Waals surface area contributed by atoms with Crippen molar-refractivity contribution in [2.75, 3.05) is 25.5 Å². The van der Waals surface area contributed by atoms with E-state index in [2.05, 4.69) is 37.4 Å². The minimum absolute atomic E-state index is 0.122. The average Bonchev–Trinajstić information content (AvgIpc) is 2.85. The van der Waals surface area contributed by atoms with Crippen molar-refractivity contribution in [2.24, 2.45) is 0 Å². The first-order valence-electron chi connectivity index (χ1n) is 11.5. The molecule has 0 spiro atoms. The fourth-order valence-electron chi connectivity index (χ4n) is 4.15. The molecule has 7 nitrogen and oxygen atoms in total. The molecule has 0 radical (unpaired) electrons. The van der Waals surface area contributed by atoms with Gasteiger partial charge in [0.25, 0.3) is 0 Å². The molecule has 1 fully saturated rings. The van der Waals surface area contributed by atoms with Crippen LogP contribution in [0.5, 0.6) is 5.75 Å². The molecule has 1 aliphatic rings. The molecule has 4 aromatic rings. The molecule has 1 saturated heterocycles. The lowest BCUT2D eigenvalue weighted by Crippen LogP contribution is -2.35. The number of halogens is 1. The van der Waals surface area contributed by atoms with Crippen LogP contribution in [0.15, 0.2) is 54.9 Å². The number of benzene rings is 2. The monoisotopic (exact) mass is 458 g/mol. The standard InChI is InChI=1S/C26H27FN6O/c1-17-3-8-21(32-31-17)15-28-26-23-13-19(18-4-6-20(27)7-5-18)14-24(25(23)29-16-30-26)34-22-9-11-33(2)12-10-22/h3-8,13-14,16,22H,9-12,15H2,1-2H3,(H,28,29,30). The highest BCUT2D eigenvalue weighted by atomic mass is 19.1. The van der Waals surface area contributed by atoms with E-state index in [0.717, 1.165) is 59.3 Å². The third kappa shape index (κ3) is 4.97. The van der Waals surface area contributed by atoms with E-state index in [4.69, 9.17) is 4.74 Å². The lowest BCUT2D eigenvalue weighted by Gasteiger charge is -2.29. The largest absolute Gasteiger partial charge is 0.488 e. The predicted molar refractivity (Wildman–Crippen MR) is 130 cm³/mol. The molecular formula is C26H27FN6O. The van der Waals surface area contributed by atoms with Crippen molar-refractivity contribution in [2.45, 2.75) is 32.4 Å². The molecular weight excluding hydrogens is 431 g/mol. The molecule has 8 heteroatoms. The zero-order valence-electron chi connectivity index (χ0n) is 19.3. The van der Waals surface area contributed by atoms with Crippen LogP contribution in [-0.4, -0.2) is 51.3 Å². The fourth-order valence-corrected chi connectivity index (χ4v) is 4.15. The van der Waals surface area contributed by atoms with Crippen molar-refractivity contribution >= 4 is 16.7 Å². The summed E-state index contributed by atoms with van der Waals surface area (Å²) >= 11 is 0. The van der Waals surface area contributed by atoms with Crippen LogP contribution in [0.25, 0.3) is 22.0 Å². The summed E-state index contributed by atoms with van der Waals surface area (Å²) in [5.41, 5.74) is 4.25. The number of anilines is 1. The molecule has 3 heterocycles. The molecule has 2 aromatic carbocycles. The quantitative estimate of drug-likeness (QED) is 0.452. The van der Waals surface area contributed by atoms with E-state index >= 15 is 0 Å². The Bertz CT molecular complexity index is 1270. The van der Waals surface area contributed by atoms with Crippen LogP contribution >= 0.6 is 0 Å².